The first-order valence-electron chi connectivity index (χ1n) is 9.48. The number of benzene rings is 3. The summed E-state index contributed by atoms with van der Waals surface area (Å²) in [6.07, 6.45) is 0. The summed E-state index contributed by atoms with van der Waals surface area (Å²) in [5.41, 5.74) is 3.38. The van der Waals surface area contributed by atoms with Crippen LogP contribution in [0.2, 0.25) is 0 Å². The van der Waals surface area contributed by atoms with E-state index < -0.39 is 0 Å². The minimum atomic E-state index is 0.653. The molecule has 0 bridgehead atoms. The van der Waals surface area contributed by atoms with E-state index in [2.05, 4.69) is 35.6 Å². The molecule has 1 N–H and O–H groups in total. The molecular weight excluding hydrogens is 394 g/mol. The van der Waals surface area contributed by atoms with Crippen molar-refractivity contribution in [1.82, 2.24) is 9.97 Å². The highest BCUT2D eigenvalue weighted by Gasteiger charge is 2.14. The Kier molecular flexibility index (Phi) is 4.69. The largest absolute Gasteiger partial charge is 0.493 e. The SMILES string of the molecule is COc1ccc(Nc2nc3cc4ccccc4cc3nc2-c2cccs2)cc1OC. The fraction of sp³-hybridized carbons (Fsp3) is 0.0833. The van der Waals surface area contributed by atoms with Crippen molar-refractivity contribution in [3.8, 4) is 22.1 Å². The number of methoxy groups -OCH3 is 2. The summed E-state index contributed by atoms with van der Waals surface area (Å²) >= 11 is 1.64. The third-order valence-electron chi connectivity index (χ3n) is 4.93. The Morgan fingerprint density at radius 2 is 1.50 bits per heavy atom. The monoisotopic (exact) mass is 413 g/mol. The summed E-state index contributed by atoms with van der Waals surface area (Å²) < 4.78 is 10.8. The Bertz CT molecular complexity index is 1350. The van der Waals surface area contributed by atoms with E-state index in [9.17, 15) is 0 Å². The van der Waals surface area contributed by atoms with Crippen molar-refractivity contribution in [1.29, 1.82) is 0 Å². The van der Waals surface area contributed by atoms with Crippen LogP contribution < -0.4 is 14.8 Å². The van der Waals surface area contributed by atoms with Gasteiger partial charge in [-0.1, -0.05) is 30.3 Å². The highest BCUT2D eigenvalue weighted by Crippen LogP contribution is 2.35. The number of anilines is 2. The Labute approximate surface area is 177 Å². The lowest BCUT2D eigenvalue weighted by molar-refractivity contribution is 0.355. The molecule has 0 saturated carbocycles. The first-order chi connectivity index (χ1) is 14.7. The average Bonchev–Trinajstić information content (AvgIpc) is 3.32. The van der Waals surface area contributed by atoms with Gasteiger partial charge in [-0.25, -0.2) is 9.97 Å². The third kappa shape index (κ3) is 3.31. The van der Waals surface area contributed by atoms with E-state index in [1.165, 1.54) is 0 Å². The van der Waals surface area contributed by atoms with Crippen molar-refractivity contribution in [2.75, 3.05) is 19.5 Å². The number of hydrogen-bond acceptors (Lipinski definition) is 6. The Morgan fingerprint density at radius 1 is 0.767 bits per heavy atom. The first kappa shape index (κ1) is 18.4. The number of hydrogen-bond donors (Lipinski definition) is 1. The Morgan fingerprint density at radius 3 is 2.17 bits per heavy atom. The molecule has 6 heteroatoms. The molecule has 2 aromatic heterocycles. The molecule has 5 aromatic rings. The number of nitrogens with one attached hydrogen (secondary N) is 1. The van der Waals surface area contributed by atoms with Gasteiger partial charge in [-0.2, -0.15) is 0 Å². The molecule has 0 aliphatic heterocycles. The lowest BCUT2D eigenvalue weighted by atomic mass is 10.1. The smallest absolute Gasteiger partial charge is 0.162 e. The summed E-state index contributed by atoms with van der Waals surface area (Å²) in [6, 6.07) is 22.2. The quantitative estimate of drug-likeness (QED) is 0.344. The standard InChI is InChI=1S/C24H19N3O2S/c1-28-20-10-9-17(14-21(20)29-2)25-24-23(22-8-5-11-30-22)26-18-12-15-6-3-4-7-16(15)13-19(18)27-24/h3-14H,1-2H3,(H,25,27). The van der Waals surface area contributed by atoms with Gasteiger partial charge in [0.25, 0.3) is 0 Å². The van der Waals surface area contributed by atoms with Gasteiger partial charge in [0.1, 0.15) is 5.69 Å². The number of rotatable bonds is 5. The van der Waals surface area contributed by atoms with Gasteiger partial charge in [0.15, 0.2) is 17.3 Å². The second kappa shape index (κ2) is 7.65. The van der Waals surface area contributed by atoms with Crippen LogP contribution in [0.5, 0.6) is 11.5 Å². The zero-order valence-electron chi connectivity index (χ0n) is 16.5. The van der Waals surface area contributed by atoms with Crippen LogP contribution >= 0.6 is 11.3 Å². The molecule has 0 atom stereocenters. The summed E-state index contributed by atoms with van der Waals surface area (Å²) in [6.45, 7) is 0. The van der Waals surface area contributed by atoms with E-state index in [0.29, 0.717) is 17.3 Å². The summed E-state index contributed by atoms with van der Waals surface area (Å²) in [5, 5.41) is 7.76. The molecule has 0 aliphatic carbocycles. The zero-order valence-corrected chi connectivity index (χ0v) is 17.4. The van der Waals surface area contributed by atoms with E-state index in [0.717, 1.165) is 38.1 Å². The molecule has 5 nitrogen and oxygen atoms in total. The summed E-state index contributed by atoms with van der Waals surface area (Å²) in [5.74, 6) is 2.03. The van der Waals surface area contributed by atoms with E-state index in [1.54, 1.807) is 25.6 Å². The van der Waals surface area contributed by atoms with Crippen LogP contribution in [0, 0.1) is 0 Å². The zero-order chi connectivity index (χ0) is 20.5. The van der Waals surface area contributed by atoms with Crippen LogP contribution in [0.3, 0.4) is 0 Å². The molecule has 0 saturated heterocycles. The molecular formula is C24H19N3O2S. The lowest BCUT2D eigenvalue weighted by Crippen LogP contribution is -2.00. The van der Waals surface area contributed by atoms with Crippen LogP contribution in [0.1, 0.15) is 0 Å². The maximum Gasteiger partial charge on any atom is 0.162 e. The van der Waals surface area contributed by atoms with Crippen molar-refractivity contribution < 1.29 is 9.47 Å². The maximum atomic E-state index is 5.44. The van der Waals surface area contributed by atoms with Gasteiger partial charge in [0.05, 0.1) is 30.1 Å². The predicted molar refractivity (Wildman–Crippen MR) is 123 cm³/mol. The van der Waals surface area contributed by atoms with E-state index in [1.807, 2.05) is 41.8 Å². The van der Waals surface area contributed by atoms with Gasteiger partial charge in [-0.05, 0) is 46.5 Å². The number of aromatic nitrogens is 2. The first-order valence-corrected chi connectivity index (χ1v) is 10.4. The van der Waals surface area contributed by atoms with Gasteiger partial charge in [-0.15, -0.1) is 11.3 Å². The topological polar surface area (TPSA) is 56.3 Å². The third-order valence-corrected chi connectivity index (χ3v) is 5.81. The van der Waals surface area contributed by atoms with Crippen molar-refractivity contribution >= 4 is 44.6 Å². The van der Waals surface area contributed by atoms with Gasteiger partial charge in [0, 0.05) is 11.8 Å². The van der Waals surface area contributed by atoms with Gasteiger partial charge in [-0.3, -0.25) is 0 Å². The summed E-state index contributed by atoms with van der Waals surface area (Å²) in [4.78, 5) is 11.0. The minimum absolute atomic E-state index is 0.653. The second-order valence-electron chi connectivity index (χ2n) is 6.78. The molecule has 148 valence electrons. The molecule has 2 heterocycles. The van der Waals surface area contributed by atoms with Crippen molar-refractivity contribution in [2.24, 2.45) is 0 Å². The summed E-state index contributed by atoms with van der Waals surface area (Å²) in [7, 11) is 3.25. The molecule has 0 aliphatic rings. The molecule has 0 fully saturated rings. The van der Waals surface area contributed by atoms with E-state index >= 15 is 0 Å². The number of thiophene rings is 1. The fourth-order valence-corrected chi connectivity index (χ4v) is 4.18. The normalized spacial score (nSPS) is 11.0. The molecule has 3 aromatic carbocycles. The Balaban J connectivity index is 1.67. The van der Waals surface area contributed by atoms with E-state index in [-0.39, 0.29) is 0 Å². The van der Waals surface area contributed by atoms with Gasteiger partial charge < -0.3 is 14.8 Å². The second-order valence-corrected chi connectivity index (χ2v) is 7.73. The lowest BCUT2D eigenvalue weighted by Gasteiger charge is -2.14. The molecule has 0 amide bonds. The van der Waals surface area contributed by atoms with Crippen molar-refractivity contribution in [3.05, 3.63) is 72.1 Å². The predicted octanol–water partition coefficient (Wildman–Crippen LogP) is 6.27. The Hall–Kier alpha value is -3.64. The maximum absolute atomic E-state index is 5.44. The van der Waals surface area contributed by atoms with Crippen molar-refractivity contribution in [2.45, 2.75) is 0 Å². The average molecular weight is 414 g/mol. The molecule has 0 unspecified atom stereocenters. The number of ether oxygens (including phenoxy) is 2. The van der Waals surface area contributed by atoms with Crippen LogP contribution in [0.4, 0.5) is 11.5 Å². The minimum Gasteiger partial charge on any atom is -0.493 e. The molecule has 0 radical (unpaired) electrons. The highest BCUT2D eigenvalue weighted by atomic mass is 32.1. The highest BCUT2D eigenvalue weighted by molar-refractivity contribution is 7.13. The van der Waals surface area contributed by atoms with Gasteiger partial charge >= 0.3 is 0 Å². The van der Waals surface area contributed by atoms with E-state index in [4.69, 9.17) is 19.4 Å². The van der Waals surface area contributed by atoms with Crippen LogP contribution in [0.25, 0.3) is 32.4 Å². The fourth-order valence-electron chi connectivity index (χ4n) is 3.47. The van der Waals surface area contributed by atoms with Gasteiger partial charge in [0.2, 0.25) is 0 Å². The molecule has 30 heavy (non-hydrogen) atoms. The van der Waals surface area contributed by atoms with Crippen molar-refractivity contribution in [3.63, 3.8) is 0 Å². The van der Waals surface area contributed by atoms with Crippen LogP contribution in [0.15, 0.2) is 72.1 Å². The van der Waals surface area contributed by atoms with Crippen LogP contribution in [-0.2, 0) is 0 Å². The van der Waals surface area contributed by atoms with Crippen LogP contribution in [-0.4, -0.2) is 24.2 Å². The molecule has 0 spiro atoms. The number of fused-ring (bicyclic) bond motifs is 2. The number of nitrogens with zero attached hydrogens (tertiary/aromatic N) is 2. The molecule has 5 rings (SSSR count).